The van der Waals surface area contributed by atoms with Crippen molar-refractivity contribution in [1.82, 2.24) is 10.2 Å². The molecule has 0 spiro atoms. The van der Waals surface area contributed by atoms with Crippen LogP contribution in [0.1, 0.15) is 16.7 Å². The number of hydrogen-bond donors (Lipinski definition) is 1. The van der Waals surface area contributed by atoms with Crippen LogP contribution in [0.15, 0.2) is 42.5 Å². The predicted molar refractivity (Wildman–Crippen MR) is 107 cm³/mol. The molecule has 2 aliphatic rings. The fourth-order valence-corrected chi connectivity index (χ4v) is 4.54. The number of nitrogens with one attached hydrogen (secondary N) is 1. The van der Waals surface area contributed by atoms with E-state index in [9.17, 15) is 0 Å². The van der Waals surface area contributed by atoms with E-state index in [1.54, 1.807) is 0 Å². The van der Waals surface area contributed by atoms with Crippen LogP contribution >= 0.6 is 23.2 Å². The van der Waals surface area contributed by atoms with Gasteiger partial charge < -0.3 is 10.1 Å². The first-order valence-electron chi connectivity index (χ1n) is 9.21. The van der Waals surface area contributed by atoms with Crippen molar-refractivity contribution in [1.29, 1.82) is 0 Å². The molecule has 0 aromatic heterocycles. The molecule has 0 amide bonds. The molecule has 0 saturated carbocycles. The number of benzene rings is 2. The van der Waals surface area contributed by atoms with E-state index < -0.39 is 0 Å². The van der Waals surface area contributed by atoms with Gasteiger partial charge in [0.2, 0.25) is 0 Å². The Labute approximate surface area is 165 Å². The lowest BCUT2D eigenvalue weighted by Gasteiger charge is -2.43. The van der Waals surface area contributed by atoms with Gasteiger partial charge in [-0.15, -0.1) is 0 Å². The highest BCUT2D eigenvalue weighted by molar-refractivity contribution is 6.42. The van der Waals surface area contributed by atoms with Gasteiger partial charge in [0, 0.05) is 26.2 Å². The third-order valence-corrected chi connectivity index (χ3v) is 6.31. The number of rotatable bonds is 5. The fourth-order valence-electron chi connectivity index (χ4n) is 4.22. The molecule has 2 aromatic rings. The van der Waals surface area contributed by atoms with Crippen molar-refractivity contribution in [2.24, 2.45) is 0 Å². The third kappa shape index (κ3) is 3.78. The van der Waals surface area contributed by atoms with Crippen molar-refractivity contribution in [3.8, 4) is 0 Å². The second-order valence-corrected chi connectivity index (χ2v) is 8.14. The fraction of sp³-hybridized carbons (Fsp3) is 0.429. The van der Waals surface area contributed by atoms with Gasteiger partial charge in [0.1, 0.15) is 0 Å². The standard InChI is InChI=1S/C21H24Cl2N2O/c22-19-6-5-16(11-20(19)23)14-26-15-21(25-9-7-24-8-10-25)12-17-3-1-2-4-18(17)13-21/h1-6,11,24H,7-10,12-15H2. The summed E-state index contributed by atoms with van der Waals surface area (Å²) in [6.07, 6.45) is 2.12. The molecular formula is C21H24Cl2N2O. The van der Waals surface area contributed by atoms with Crippen LogP contribution in [0.3, 0.4) is 0 Å². The monoisotopic (exact) mass is 390 g/mol. The molecule has 0 atom stereocenters. The summed E-state index contributed by atoms with van der Waals surface area (Å²) >= 11 is 12.1. The predicted octanol–water partition coefficient (Wildman–Crippen LogP) is 3.95. The van der Waals surface area contributed by atoms with Gasteiger partial charge in [0.15, 0.2) is 0 Å². The molecule has 26 heavy (non-hydrogen) atoms. The maximum absolute atomic E-state index is 6.22. The number of ether oxygens (including phenoxy) is 1. The average molecular weight is 391 g/mol. The van der Waals surface area contributed by atoms with Gasteiger partial charge in [0.25, 0.3) is 0 Å². The van der Waals surface area contributed by atoms with Crippen molar-refractivity contribution >= 4 is 23.2 Å². The van der Waals surface area contributed by atoms with Crippen molar-refractivity contribution in [2.75, 3.05) is 32.8 Å². The molecule has 4 rings (SSSR count). The summed E-state index contributed by atoms with van der Waals surface area (Å²) < 4.78 is 6.22. The van der Waals surface area contributed by atoms with Gasteiger partial charge in [-0.1, -0.05) is 53.5 Å². The van der Waals surface area contributed by atoms with Gasteiger partial charge in [-0.3, -0.25) is 4.90 Å². The molecule has 0 unspecified atom stereocenters. The van der Waals surface area contributed by atoms with Crippen LogP contribution in [0.2, 0.25) is 10.0 Å². The van der Waals surface area contributed by atoms with E-state index in [0.717, 1.165) is 51.2 Å². The average Bonchev–Trinajstić information content (AvgIpc) is 3.05. The normalized spacial score (nSPS) is 19.5. The number of fused-ring (bicyclic) bond motifs is 1. The van der Waals surface area contributed by atoms with E-state index in [-0.39, 0.29) is 5.54 Å². The summed E-state index contributed by atoms with van der Waals surface area (Å²) in [5.74, 6) is 0. The highest BCUT2D eigenvalue weighted by Gasteiger charge is 2.42. The zero-order chi connectivity index (χ0) is 18.0. The summed E-state index contributed by atoms with van der Waals surface area (Å²) in [5, 5.41) is 4.62. The Morgan fingerprint density at radius 1 is 0.962 bits per heavy atom. The van der Waals surface area contributed by atoms with Crippen molar-refractivity contribution in [3.05, 3.63) is 69.2 Å². The Kier molecular flexibility index (Phi) is 5.53. The quantitative estimate of drug-likeness (QED) is 0.835. The molecule has 1 heterocycles. The molecule has 5 heteroatoms. The lowest BCUT2D eigenvalue weighted by molar-refractivity contribution is -0.0158. The molecule has 3 nitrogen and oxygen atoms in total. The lowest BCUT2D eigenvalue weighted by atomic mass is 9.93. The molecule has 1 aliphatic heterocycles. The van der Waals surface area contributed by atoms with E-state index in [0.29, 0.717) is 16.7 Å². The molecule has 1 N–H and O–H groups in total. The molecule has 0 radical (unpaired) electrons. The first-order chi connectivity index (χ1) is 12.7. The summed E-state index contributed by atoms with van der Waals surface area (Å²) in [6, 6.07) is 14.5. The molecular weight excluding hydrogens is 367 g/mol. The highest BCUT2D eigenvalue weighted by Crippen LogP contribution is 2.35. The molecule has 1 fully saturated rings. The van der Waals surface area contributed by atoms with Gasteiger partial charge in [0.05, 0.1) is 28.8 Å². The van der Waals surface area contributed by atoms with Gasteiger partial charge in [-0.2, -0.15) is 0 Å². The van der Waals surface area contributed by atoms with Crippen LogP contribution in [-0.4, -0.2) is 43.2 Å². The summed E-state index contributed by atoms with van der Waals surface area (Å²) in [6.45, 7) is 5.52. The number of nitrogens with zero attached hydrogens (tertiary/aromatic N) is 1. The Bertz CT molecular complexity index is 749. The summed E-state index contributed by atoms with van der Waals surface area (Å²) in [7, 11) is 0. The Morgan fingerprint density at radius 2 is 1.65 bits per heavy atom. The Morgan fingerprint density at radius 3 is 2.31 bits per heavy atom. The van der Waals surface area contributed by atoms with E-state index in [1.807, 2.05) is 18.2 Å². The van der Waals surface area contributed by atoms with Crippen LogP contribution < -0.4 is 5.32 Å². The highest BCUT2D eigenvalue weighted by atomic mass is 35.5. The van der Waals surface area contributed by atoms with Crippen molar-refractivity contribution < 1.29 is 4.74 Å². The number of piperazine rings is 1. The first kappa shape index (κ1) is 18.3. The second-order valence-electron chi connectivity index (χ2n) is 7.32. The topological polar surface area (TPSA) is 24.5 Å². The molecule has 1 saturated heterocycles. The van der Waals surface area contributed by atoms with E-state index in [4.69, 9.17) is 27.9 Å². The Hall–Kier alpha value is -1.10. The van der Waals surface area contributed by atoms with Crippen LogP contribution in [-0.2, 0) is 24.2 Å². The van der Waals surface area contributed by atoms with E-state index in [1.165, 1.54) is 11.1 Å². The maximum atomic E-state index is 6.22. The maximum Gasteiger partial charge on any atom is 0.0718 e. The summed E-state index contributed by atoms with van der Waals surface area (Å²) in [4.78, 5) is 2.62. The molecule has 2 aromatic carbocycles. The largest absolute Gasteiger partial charge is 0.375 e. The van der Waals surface area contributed by atoms with Crippen molar-refractivity contribution in [2.45, 2.75) is 25.0 Å². The van der Waals surface area contributed by atoms with Crippen LogP contribution in [0.5, 0.6) is 0 Å². The van der Waals surface area contributed by atoms with Crippen molar-refractivity contribution in [3.63, 3.8) is 0 Å². The minimum absolute atomic E-state index is 0.0575. The van der Waals surface area contributed by atoms with Crippen LogP contribution in [0.4, 0.5) is 0 Å². The van der Waals surface area contributed by atoms with Gasteiger partial charge in [-0.05, 0) is 41.7 Å². The minimum Gasteiger partial charge on any atom is -0.375 e. The van der Waals surface area contributed by atoms with Gasteiger partial charge >= 0.3 is 0 Å². The third-order valence-electron chi connectivity index (χ3n) is 5.57. The first-order valence-corrected chi connectivity index (χ1v) is 9.96. The number of halogens is 2. The van der Waals surface area contributed by atoms with E-state index >= 15 is 0 Å². The minimum atomic E-state index is 0.0575. The second kappa shape index (κ2) is 7.87. The molecule has 138 valence electrons. The SMILES string of the molecule is Clc1ccc(COCC2(N3CCNCC3)Cc3ccccc3C2)cc1Cl. The van der Waals surface area contributed by atoms with Crippen LogP contribution in [0, 0.1) is 0 Å². The number of hydrogen-bond acceptors (Lipinski definition) is 3. The molecule has 1 aliphatic carbocycles. The Balaban J connectivity index is 1.48. The van der Waals surface area contributed by atoms with Crippen LogP contribution in [0.25, 0.3) is 0 Å². The lowest BCUT2D eigenvalue weighted by Crippen LogP contribution is -2.59. The molecule has 0 bridgehead atoms. The zero-order valence-electron chi connectivity index (χ0n) is 14.8. The smallest absolute Gasteiger partial charge is 0.0718 e. The van der Waals surface area contributed by atoms with Gasteiger partial charge in [-0.25, -0.2) is 0 Å². The zero-order valence-corrected chi connectivity index (χ0v) is 16.3. The van der Waals surface area contributed by atoms with E-state index in [2.05, 4.69) is 34.5 Å². The summed E-state index contributed by atoms with van der Waals surface area (Å²) in [5.41, 5.74) is 4.04.